The summed E-state index contributed by atoms with van der Waals surface area (Å²) >= 11 is 0. The molecule has 1 heteroatoms. The van der Waals surface area contributed by atoms with Crippen molar-refractivity contribution in [3.05, 3.63) is 71.8 Å². The Kier molecular flexibility index (Phi) is 7.54. The second-order valence-electron chi connectivity index (χ2n) is 5.88. The van der Waals surface area contributed by atoms with Gasteiger partial charge in [-0.3, -0.25) is 0 Å². The van der Waals surface area contributed by atoms with Crippen molar-refractivity contribution in [2.24, 2.45) is 5.92 Å². The minimum Gasteiger partial charge on any atom is -0.138 e. The average Bonchev–Trinajstić information content (AvgIpc) is 2.53. The van der Waals surface area contributed by atoms with Crippen molar-refractivity contribution in [2.75, 3.05) is 6.16 Å². The molecule has 0 aliphatic rings. The fraction of sp³-hybridized carbons (Fsp3) is 0.400. The summed E-state index contributed by atoms with van der Waals surface area (Å²) in [7, 11) is 2.83. The molecule has 0 bridgehead atoms. The molecule has 2 aromatic rings. The topological polar surface area (TPSA) is 0 Å². The molecule has 0 aromatic heterocycles. The molecule has 0 aliphatic carbocycles. The summed E-state index contributed by atoms with van der Waals surface area (Å²) in [5.41, 5.74) is 2.95. The lowest BCUT2D eigenvalue weighted by atomic mass is 9.88. The molecular formula is C20H27P. The second-order valence-corrected chi connectivity index (χ2v) is 6.46. The first-order chi connectivity index (χ1) is 10.4. The summed E-state index contributed by atoms with van der Waals surface area (Å²) in [6.45, 7) is 0. The van der Waals surface area contributed by atoms with Crippen LogP contribution in [0.3, 0.4) is 0 Å². The van der Waals surface area contributed by atoms with E-state index in [9.17, 15) is 0 Å². The zero-order valence-electron chi connectivity index (χ0n) is 12.9. The van der Waals surface area contributed by atoms with Gasteiger partial charge in [0.05, 0.1) is 0 Å². The standard InChI is InChI=1S/C20H27P/c21-15-9-3-8-14-20(16-18-10-4-1-5-11-18)17-19-12-6-2-7-13-19/h1-2,4-7,10-13,20H,3,8-9,14-17,21H2. The molecule has 2 aromatic carbocycles. The fourth-order valence-corrected chi connectivity index (χ4v) is 3.21. The van der Waals surface area contributed by atoms with Crippen molar-refractivity contribution in [1.82, 2.24) is 0 Å². The van der Waals surface area contributed by atoms with Crippen LogP contribution in [0.4, 0.5) is 0 Å². The third kappa shape index (κ3) is 6.44. The quantitative estimate of drug-likeness (QED) is 0.422. The van der Waals surface area contributed by atoms with Crippen molar-refractivity contribution in [2.45, 2.75) is 38.5 Å². The zero-order chi connectivity index (χ0) is 14.8. The Labute approximate surface area is 132 Å². The molecule has 21 heavy (non-hydrogen) atoms. The monoisotopic (exact) mass is 298 g/mol. The van der Waals surface area contributed by atoms with E-state index in [1.165, 1.54) is 55.8 Å². The van der Waals surface area contributed by atoms with Crippen LogP contribution in [0, 0.1) is 5.92 Å². The van der Waals surface area contributed by atoms with Gasteiger partial charge in [0, 0.05) is 0 Å². The highest BCUT2D eigenvalue weighted by Gasteiger charge is 2.10. The number of rotatable bonds is 9. The number of hydrogen-bond acceptors (Lipinski definition) is 0. The average molecular weight is 298 g/mol. The van der Waals surface area contributed by atoms with Crippen LogP contribution in [0.5, 0.6) is 0 Å². The lowest BCUT2D eigenvalue weighted by molar-refractivity contribution is 0.453. The maximum atomic E-state index is 2.83. The smallest absolute Gasteiger partial charge is 0.0247 e. The van der Waals surface area contributed by atoms with Gasteiger partial charge >= 0.3 is 0 Å². The second kappa shape index (κ2) is 9.74. The first-order valence-electron chi connectivity index (χ1n) is 8.16. The van der Waals surface area contributed by atoms with Crippen LogP contribution in [0.25, 0.3) is 0 Å². The zero-order valence-corrected chi connectivity index (χ0v) is 14.0. The molecule has 1 unspecified atom stereocenters. The summed E-state index contributed by atoms with van der Waals surface area (Å²) in [5, 5.41) is 0. The van der Waals surface area contributed by atoms with Crippen LogP contribution in [0.2, 0.25) is 0 Å². The highest BCUT2D eigenvalue weighted by Crippen LogP contribution is 2.21. The molecule has 2 rings (SSSR count). The van der Waals surface area contributed by atoms with E-state index < -0.39 is 0 Å². The van der Waals surface area contributed by atoms with Crippen LogP contribution in [-0.4, -0.2) is 6.16 Å². The molecular weight excluding hydrogens is 271 g/mol. The summed E-state index contributed by atoms with van der Waals surface area (Å²) in [6.07, 6.45) is 9.06. The van der Waals surface area contributed by atoms with Gasteiger partial charge in [-0.15, -0.1) is 9.24 Å². The SMILES string of the molecule is PCCCCCC(Cc1ccccc1)Cc1ccccc1. The normalized spacial score (nSPS) is 11.0. The molecule has 0 saturated heterocycles. The third-order valence-corrected chi connectivity index (χ3v) is 4.46. The maximum absolute atomic E-state index is 2.83. The Morgan fingerprint density at radius 2 is 1.19 bits per heavy atom. The van der Waals surface area contributed by atoms with E-state index in [1.54, 1.807) is 0 Å². The van der Waals surface area contributed by atoms with Crippen molar-refractivity contribution in [3.8, 4) is 0 Å². The molecule has 0 fully saturated rings. The van der Waals surface area contributed by atoms with Crippen LogP contribution < -0.4 is 0 Å². The Hall–Kier alpha value is -1.13. The summed E-state index contributed by atoms with van der Waals surface area (Å²) in [5.74, 6) is 0.763. The molecule has 0 radical (unpaired) electrons. The number of hydrogen-bond donors (Lipinski definition) is 0. The highest BCUT2D eigenvalue weighted by atomic mass is 31.0. The Balaban J connectivity index is 1.93. The van der Waals surface area contributed by atoms with E-state index in [1.807, 2.05) is 0 Å². The van der Waals surface area contributed by atoms with E-state index in [0.29, 0.717) is 0 Å². The van der Waals surface area contributed by atoms with Crippen molar-refractivity contribution < 1.29 is 0 Å². The first kappa shape index (κ1) is 16.2. The van der Waals surface area contributed by atoms with E-state index in [0.717, 1.165) is 5.92 Å². The van der Waals surface area contributed by atoms with Crippen molar-refractivity contribution in [1.29, 1.82) is 0 Å². The van der Waals surface area contributed by atoms with Gasteiger partial charge in [0.25, 0.3) is 0 Å². The predicted molar refractivity (Wildman–Crippen MR) is 96.8 cm³/mol. The molecule has 0 N–H and O–H groups in total. The molecule has 0 saturated carbocycles. The Morgan fingerprint density at radius 1 is 0.667 bits per heavy atom. The Bertz CT molecular complexity index is 436. The van der Waals surface area contributed by atoms with Crippen LogP contribution in [0.1, 0.15) is 36.8 Å². The van der Waals surface area contributed by atoms with E-state index in [4.69, 9.17) is 0 Å². The summed E-state index contributed by atoms with van der Waals surface area (Å²) in [4.78, 5) is 0. The van der Waals surface area contributed by atoms with Gasteiger partial charge in [-0.05, 0) is 48.9 Å². The first-order valence-corrected chi connectivity index (χ1v) is 8.98. The van der Waals surface area contributed by atoms with E-state index >= 15 is 0 Å². The lowest BCUT2D eigenvalue weighted by Crippen LogP contribution is -2.08. The van der Waals surface area contributed by atoms with Gasteiger partial charge in [0.2, 0.25) is 0 Å². The highest BCUT2D eigenvalue weighted by molar-refractivity contribution is 7.16. The van der Waals surface area contributed by atoms with Crippen LogP contribution >= 0.6 is 9.24 Å². The van der Waals surface area contributed by atoms with Gasteiger partial charge in [-0.25, -0.2) is 0 Å². The van der Waals surface area contributed by atoms with Crippen LogP contribution in [-0.2, 0) is 12.8 Å². The summed E-state index contributed by atoms with van der Waals surface area (Å²) < 4.78 is 0. The largest absolute Gasteiger partial charge is 0.138 e. The third-order valence-electron chi connectivity index (χ3n) is 4.05. The van der Waals surface area contributed by atoms with Gasteiger partial charge < -0.3 is 0 Å². The van der Waals surface area contributed by atoms with Gasteiger partial charge in [0.1, 0.15) is 0 Å². The summed E-state index contributed by atoms with van der Waals surface area (Å²) in [6, 6.07) is 21.9. The molecule has 112 valence electrons. The van der Waals surface area contributed by atoms with Crippen molar-refractivity contribution >= 4 is 9.24 Å². The van der Waals surface area contributed by atoms with Gasteiger partial charge in [-0.2, -0.15) is 0 Å². The van der Waals surface area contributed by atoms with E-state index in [-0.39, 0.29) is 0 Å². The maximum Gasteiger partial charge on any atom is -0.0247 e. The molecule has 0 nitrogen and oxygen atoms in total. The molecule has 0 aliphatic heterocycles. The molecule has 0 amide bonds. The van der Waals surface area contributed by atoms with Gasteiger partial charge in [0.15, 0.2) is 0 Å². The number of benzene rings is 2. The van der Waals surface area contributed by atoms with Crippen molar-refractivity contribution in [3.63, 3.8) is 0 Å². The minimum absolute atomic E-state index is 0.763. The lowest BCUT2D eigenvalue weighted by Gasteiger charge is -2.17. The molecule has 0 heterocycles. The van der Waals surface area contributed by atoms with Crippen LogP contribution in [0.15, 0.2) is 60.7 Å². The number of unbranched alkanes of at least 4 members (excludes halogenated alkanes) is 2. The van der Waals surface area contributed by atoms with Gasteiger partial charge in [-0.1, -0.05) is 73.5 Å². The predicted octanol–water partition coefficient (Wildman–Crippen LogP) is 5.52. The molecule has 0 spiro atoms. The fourth-order valence-electron chi connectivity index (χ4n) is 2.93. The molecule has 1 atom stereocenters. The van der Waals surface area contributed by atoms with E-state index in [2.05, 4.69) is 69.9 Å². The minimum atomic E-state index is 0.763. The Morgan fingerprint density at radius 3 is 1.67 bits per heavy atom.